The average molecular weight is 227 g/mol. The molecule has 0 bridgehead atoms. The Bertz CT molecular complexity index is 296. The monoisotopic (exact) mass is 227 g/mol. The van der Waals surface area contributed by atoms with Crippen molar-refractivity contribution >= 4 is 11.9 Å². The van der Waals surface area contributed by atoms with Gasteiger partial charge in [-0.3, -0.25) is 4.79 Å². The molecule has 5 nitrogen and oxygen atoms in total. The predicted molar refractivity (Wildman–Crippen MR) is 59.8 cm³/mol. The van der Waals surface area contributed by atoms with E-state index in [0.717, 1.165) is 13.0 Å². The second kappa shape index (κ2) is 7.50. The first-order valence-corrected chi connectivity index (χ1v) is 5.07. The zero-order valence-electron chi connectivity index (χ0n) is 9.35. The topological polar surface area (TPSA) is 77.8 Å². The minimum Gasteiger partial charge on any atom is -0.502 e. The SMILES string of the molecule is C=CN1CCCC1=O.CC/C=C(\O)C(=O)O. The lowest BCUT2D eigenvalue weighted by Crippen LogP contribution is -2.16. The van der Waals surface area contributed by atoms with Crippen molar-refractivity contribution in [2.75, 3.05) is 6.54 Å². The van der Waals surface area contributed by atoms with Crippen LogP contribution in [0.4, 0.5) is 0 Å². The number of hydrogen-bond donors (Lipinski definition) is 2. The maximum Gasteiger partial charge on any atom is 0.370 e. The van der Waals surface area contributed by atoms with E-state index >= 15 is 0 Å². The van der Waals surface area contributed by atoms with Gasteiger partial charge in [0.1, 0.15) is 0 Å². The van der Waals surface area contributed by atoms with Gasteiger partial charge in [0.25, 0.3) is 0 Å². The van der Waals surface area contributed by atoms with E-state index in [1.807, 2.05) is 0 Å². The molecule has 0 spiro atoms. The highest BCUT2D eigenvalue weighted by Crippen LogP contribution is 2.08. The maximum absolute atomic E-state index is 10.7. The standard InChI is InChI=1S/C6H9NO.C5H8O3/c1-2-7-5-3-4-6(7)8;1-2-3-4(6)5(7)8/h2H,1,3-5H2;3,6H,2H2,1H3,(H,7,8)/b;4-3-. The quantitative estimate of drug-likeness (QED) is 0.568. The van der Waals surface area contributed by atoms with Crippen LogP contribution in [0.3, 0.4) is 0 Å². The fraction of sp³-hybridized carbons (Fsp3) is 0.455. The van der Waals surface area contributed by atoms with Crippen molar-refractivity contribution in [1.29, 1.82) is 0 Å². The van der Waals surface area contributed by atoms with E-state index < -0.39 is 11.7 Å². The number of carboxylic acid groups (broad SMARTS) is 1. The summed E-state index contributed by atoms with van der Waals surface area (Å²) in [6.07, 6.45) is 5.06. The summed E-state index contributed by atoms with van der Waals surface area (Å²) in [4.78, 5) is 22.1. The Morgan fingerprint density at radius 2 is 2.19 bits per heavy atom. The van der Waals surface area contributed by atoms with Crippen LogP contribution in [-0.4, -0.2) is 33.5 Å². The molecule has 0 aromatic heterocycles. The third-order valence-corrected chi connectivity index (χ3v) is 1.95. The molecule has 1 heterocycles. The molecule has 1 aliphatic rings. The molecule has 1 aliphatic heterocycles. The van der Waals surface area contributed by atoms with E-state index in [4.69, 9.17) is 10.2 Å². The van der Waals surface area contributed by atoms with E-state index in [9.17, 15) is 9.59 Å². The van der Waals surface area contributed by atoms with Crippen LogP contribution in [-0.2, 0) is 9.59 Å². The van der Waals surface area contributed by atoms with Gasteiger partial charge in [0, 0.05) is 13.0 Å². The van der Waals surface area contributed by atoms with Gasteiger partial charge in [-0.1, -0.05) is 13.5 Å². The second-order valence-electron chi connectivity index (χ2n) is 3.18. The molecular formula is C11H17NO4. The van der Waals surface area contributed by atoms with Crippen molar-refractivity contribution in [3.8, 4) is 0 Å². The molecule has 0 unspecified atom stereocenters. The molecule has 0 aromatic carbocycles. The summed E-state index contributed by atoms with van der Waals surface area (Å²) in [6.45, 7) is 6.11. The molecule has 1 amide bonds. The first-order valence-electron chi connectivity index (χ1n) is 5.07. The molecule has 1 fully saturated rings. The largest absolute Gasteiger partial charge is 0.502 e. The van der Waals surface area contributed by atoms with Gasteiger partial charge in [0.05, 0.1) is 0 Å². The highest BCUT2D eigenvalue weighted by Gasteiger charge is 2.15. The second-order valence-corrected chi connectivity index (χ2v) is 3.18. The zero-order valence-corrected chi connectivity index (χ0v) is 9.35. The van der Waals surface area contributed by atoms with Crippen LogP contribution in [0.25, 0.3) is 0 Å². The predicted octanol–water partition coefficient (Wildman–Crippen LogP) is 1.68. The number of aliphatic hydroxyl groups excluding tert-OH is 1. The Kier molecular flexibility index (Phi) is 6.67. The minimum absolute atomic E-state index is 0.208. The Hall–Kier alpha value is -1.78. The lowest BCUT2D eigenvalue weighted by atomic mass is 10.4. The smallest absolute Gasteiger partial charge is 0.370 e. The minimum atomic E-state index is -1.27. The van der Waals surface area contributed by atoms with Crippen molar-refractivity contribution in [2.24, 2.45) is 0 Å². The zero-order chi connectivity index (χ0) is 12.6. The molecular weight excluding hydrogens is 210 g/mol. The van der Waals surface area contributed by atoms with Gasteiger partial charge >= 0.3 is 5.97 Å². The van der Waals surface area contributed by atoms with Crippen molar-refractivity contribution in [3.05, 3.63) is 24.6 Å². The molecule has 0 saturated carbocycles. The highest BCUT2D eigenvalue weighted by molar-refractivity contribution is 5.83. The summed E-state index contributed by atoms with van der Waals surface area (Å²) in [5.74, 6) is -1.64. The summed E-state index contributed by atoms with van der Waals surface area (Å²) in [5, 5.41) is 16.4. The number of aliphatic hydroxyl groups is 1. The van der Waals surface area contributed by atoms with E-state index in [2.05, 4.69) is 6.58 Å². The van der Waals surface area contributed by atoms with Gasteiger partial charge in [-0.25, -0.2) is 4.79 Å². The number of allylic oxidation sites excluding steroid dienone is 1. The van der Waals surface area contributed by atoms with Gasteiger partial charge in [0.2, 0.25) is 5.91 Å². The van der Waals surface area contributed by atoms with E-state index in [1.165, 1.54) is 6.08 Å². The average Bonchev–Trinajstić information content (AvgIpc) is 2.65. The van der Waals surface area contributed by atoms with Gasteiger partial charge in [0.15, 0.2) is 5.76 Å². The highest BCUT2D eigenvalue weighted by atomic mass is 16.4. The molecule has 2 N–H and O–H groups in total. The third-order valence-electron chi connectivity index (χ3n) is 1.95. The van der Waals surface area contributed by atoms with Gasteiger partial charge in [-0.2, -0.15) is 0 Å². The number of carbonyl (C=O) groups excluding carboxylic acids is 1. The molecule has 0 atom stereocenters. The number of nitrogens with zero attached hydrogens (tertiary/aromatic N) is 1. The van der Waals surface area contributed by atoms with Crippen LogP contribution in [0.5, 0.6) is 0 Å². The third kappa shape index (κ3) is 5.19. The molecule has 1 rings (SSSR count). The summed E-state index contributed by atoms with van der Waals surface area (Å²) >= 11 is 0. The van der Waals surface area contributed by atoms with Crippen molar-refractivity contribution in [3.63, 3.8) is 0 Å². The van der Waals surface area contributed by atoms with E-state index in [-0.39, 0.29) is 5.91 Å². The van der Waals surface area contributed by atoms with Gasteiger partial charge < -0.3 is 15.1 Å². The molecule has 0 radical (unpaired) electrons. The first kappa shape index (κ1) is 14.2. The van der Waals surface area contributed by atoms with Crippen LogP contribution in [0, 0.1) is 0 Å². The summed E-state index contributed by atoms with van der Waals surface area (Å²) in [5.41, 5.74) is 0. The fourth-order valence-electron chi connectivity index (χ4n) is 1.14. The van der Waals surface area contributed by atoms with E-state index in [1.54, 1.807) is 18.0 Å². The number of aliphatic carboxylic acids is 1. The molecule has 1 saturated heterocycles. The van der Waals surface area contributed by atoms with Crippen LogP contribution in [0.2, 0.25) is 0 Å². The normalized spacial score (nSPS) is 15.4. The maximum atomic E-state index is 10.7. The number of carboxylic acids is 1. The van der Waals surface area contributed by atoms with Gasteiger partial charge in [-0.15, -0.1) is 0 Å². The lowest BCUT2D eigenvalue weighted by molar-refractivity contribution is -0.135. The van der Waals surface area contributed by atoms with Crippen LogP contribution < -0.4 is 0 Å². The van der Waals surface area contributed by atoms with Crippen LogP contribution in [0.15, 0.2) is 24.6 Å². The Labute approximate surface area is 94.7 Å². The number of rotatable bonds is 3. The molecule has 16 heavy (non-hydrogen) atoms. The fourth-order valence-corrected chi connectivity index (χ4v) is 1.14. The van der Waals surface area contributed by atoms with Crippen LogP contribution in [0.1, 0.15) is 26.2 Å². The summed E-state index contributed by atoms with van der Waals surface area (Å²) in [6, 6.07) is 0. The van der Waals surface area contributed by atoms with Gasteiger partial charge in [-0.05, 0) is 25.1 Å². The Morgan fingerprint density at radius 3 is 2.38 bits per heavy atom. The molecule has 0 aromatic rings. The van der Waals surface area contributed by atoms with Crippen LogP contribution >= 0.6 is 0 Å². The summed E-state index contributed by atoms with van der Waals surface area (Å²) in [7, 11) is 0. The molecule has 5 heteroatoms. The number of carbonyl (C=O) groups is 2. The van der Waals surface area contributed by atoms with E-state index in [0.29, 0.717) is 12.8 Å². The summed E-state index contributed by atoms with van der Waals surface area (Å²) < 4.78 is 0. The van der Waals surface area contributed by atoms with Crippen molar-refractivity contribution in [1.82, 2.24) is 4.90 Å². The van der Waals surface area contributed by atoms with Crippen molar-refractivity contribution < 1.29 is 19.8 Å². The number of likely N-dealkylation sites (tertiary alicyclic amines) is 1. The molecule has 90 valence electrons. The van der Waals surface area contributed by atoms with Crippen molar-refractivity contribution in [2.45, 2.75) is 26.2 Å². The number of hydrogen-bond acceptors (Lipinski definition) is 3. The number of amides is 1. The lowest BCUT2D eigenvalue weighted by Gasteiger charge is -2.05. The molecule has 0 aliphatic carbocycles. The first-order chi connectivity index (χ1) is 7.52. The Balaban J connectivity index is 0.000000281. The Morgan fingerprint density at radius 1 is 1.56 bits per heavy atom.